The zero-order valence-corrected chi connectivity index (χ0v) is 10.1. The van der Waals surface area contributed by atoms with Crippen molar-refractivity contribution in [3.8, 4) is 0 Å². The minimum Gasteiger partial charge on any atom is -0.462 e. The number of benzene rings is 1. The summed E-state index contributed by atoms with van der Waals surface area (Å²) < 4.78 is 10.2. The van der Waals surface area contributed by atoms with E-state index in [1.807, 2.05) is 25.1 Å². The van der Waals surface area contributed by atoms with E-state index in [1.165, 1.54) is 0 Å². The molecule has 4 nitrogen and oxygen atoms in total. The Morgan fingerprint density at radius 3 is 2.59 bits per heavy atom. The fraction of sp³-hybridized carbons (Fsp3) is 0.462. The van der Waals surface area contributed by atoms with Gasteiger partial charge in [0.25, 0.3) is 0 Å². The summed E-state index contributed by atoms with van der Waals surface area (Å²) in [5.41, 5.74) is 6.52. The van der Waals surface area contributed by atoms with E-state index in [4.69, 9.17) is 15.2 Å². The number of nitrogens with two attached hydrogens (primary N) is 1. The van der Waals surface area contributed by atoms with Gasteiger partial charge in [-0.05, 0) is 12.0 Å². The maximum absolute atomic E-state index is 11.6. The van der Waals surface area contributed by atoms with E-state index in [9.17, 15) is 4.79 Å². The van der Waals surface area contributed by atoms with Crippen molar-refractivity contribution in [3.05, 3.63) is 35.9 Å². The zero-order chi connectivity index (χ0) is 12.5. The molecular weight excluding hydrogens is 218 g/mol. The van der Waals surface area contributed by atoms with Crippen LogP contribution >= 0.6 is 0 Å². The van der Waals surface area contributed by atoms with Gasteiger partial charge in [0.1, 0.15) is 12.6 Å². The van der Waals surface area contributed by atoms with Crippen LogP contribution in [0.1, 0.15) is 24.9 Å². The first-order valence-corrected chi connectivity index (χ1v) is 5.80. The topological polar surface area (TPSA) is 61.5 Å². The molecule has 0 unspecified atom stereocenters. The largest absolute Gasteiger partial charge is 0.462 e. The molecule has 0 aliphatic heterocycles. The molecule has 0 spiro atoms. The molecule has 0 heterocycles. The van der Waals surface area contributed by atoms with Gasteiger partial charge in [-0.3, -0.25) is 0 Å². The summed E-state index contributed by atoms with van der Waals surface area (Å²) in [6, 6.07) is 8.45. The molecule has 94 valence electrons. The van der Waals surface area contributed by atoms with Crippen molar-refractivity contribution in [1.29, 1.82) is 0 Å². The molecule has 2 N–H and O–H groups in total. The van der Waals surface area contributed by atoms with E-state index in [-0.39, 0.29) is 6.61 Å². The van der Waals surface area contributed by atoms with Crippen LogP contribution in [0.5, 0.6) is 0 Å². The fourth-order valence-corrected chi connectivity index (χ4v) is 1.33. The number of rotatable bonds is 7. The summed E-state index contributed by atoms with van der Waals surface area (Å²) in [6.45, 7) is 3.38. The highest BCUT2D eigenvalue weighted by Crippen LogP contribution is 2.10. The van der Waals surface area contributed by atoms with Crippen molar-refractivity contribution in [2.75, 3.05) is 19.8 Å². The van der Waals surface area contributed by atoms with Crippen LogP contribution in [0.25, 0.3) is 0 Å². The number of hydrogen-bond donors (Lipinski definition) is 1. The smallest absolute Gasteiger partial charge is 0.327 e. The molecule has 0 aromatic heterocycles. The maximum Gasteiger partial charge on any atom is 0.327 e. The summed E-state index contributed by atoms with van der Waals surface area (Å²) in [4.78, 5) is 11.6. The molecule has 1 aromatic rings. The van der Waals surface area contributed by atoms with Gasteiger partial charge in [-0.25, -0.2) is 4.79 Å². The molecule has 17 heavy (non-hydrogen) atoms. The van der Waals surface area contributed by atoms with Gasteiger partial charge in [-0.15, -0.1) is 0 Å². The summed E-state index contributed by atoms with van der Waals surface area (Å²) in [6.07, 6.45) is 0.956. The molecule has 0 fully saturated rings. The van der Waals surface area contributed by atoms with Crippen molar-refractivity contribution in [1.82, 2.24) is 0 Å². The van der Waals surface area contributed by atoms with Crippen LogP contribution in [0.15, 0.2) is 30.3 Å². The van der Waals surface area contributed by atoms with Crippen LogP contribution in [0, 0.1) is 0 Å². The van der Waals surface area contributed by atoms with Gasteiger partial charge in [0.2, 0.25) is 0 Å². The van der Waals surface area contributed by atoms with E-state index >= 15 is 0 Å². The van der Waals surface area contributed by atoms with E-state index in [2.05, 4.69) is 0 Å². The van der Waals surface area contributed by atoms with E-state index in [0.29, 0.717) is 13.2 Å². The summed E-state index contributed by atoms with van der Waals surface area (Å²) in [5.74, 6) is -0.420. The highest BCUT2D eigenvalue weighted by Gasteiger charge is 2.16. The SMILES string of the molecule is CCCOCCOC(=O)[C@H](N)c1ccccc1. The lowest BCUT2D eigenvalue weighted by atomic mass is 10.1. The summed E-state index contributed by atoms with van der Waals surface area (Å²) in [5, 5.41) is 0. The van der Waals surface area contributed by atoms with Crippen LogP contribution < -0.4 is 5.73 Å². The normalized spacial score (nSPS) is 12.1. The maximum atomic E-state index is 11.6. The average Bonchev–Trinajstić information content (AvgIpc) is 2.38. The fourth-order valence-electron chi connectivity index (χ4n) is 1.33. The Labute approximate surface area is 102 Å². The number of carbonyl (C=O) groups excluding carboxylic acids is 1. The van der Waals surface area contributed by atoms with Gasteiger partial charge in [-0.1, -0.05) is 37.3 Å². The average molecular weight is 237 g/mol. The Morgan fingerprint density at radius 1 is 1.24 bits per heavy atom. The van der Waals surface area contributed by atoms with Gasteiger partial charge >= 0.3 is 5.97 Å². The first-order valence-electron chi connectivity index (χ1n) is 5.80. The van der Waals surface area contributed by atoms with Crippen LogP contribution in [-0.2, 0) is 14.3 Å². The Bertz CT molecular complexity index is 327. The number of esters is 1. The van der Waals surface area contributed by atoms with E-state index < -0.39 is 12.0 Å². The predicted octanol–water partition coefficient (Wildman–Crippen LogP) is 1.66. The lowest BCUT2D eigenvalue weighted by Crippen LogP contribution is -2.25. The molecule has 0 aliphatic carbocycles. The third-order valence-corrected chi connectivity index (χ3v) is 2.23. The molecule has 4 heteroatoms. The molecule has 1 rings (SSSR count). The molecule has 0 saturated carbocycles. The molecular formula is C13H19NO3. The van der Waals surface area contributed by atoms with Crippen LogP contribution in [-0.4, -0.2) is 25.8 Å². The highest BCUT2D eigenvalue weighted by molar-refractivity contribution is 5.77. The zero-order valence-electron chi connectivity index (χ0n) is 10.1. The molecule has 1 atom stereocenters. The Kier molecular flexibility index (Phi) is 6.29. The highest BCUT2D eigenvalue weighted by atomic mass is 16.6. The molecule has 1 aromatic carbocycles. The van der Waals surface area contributed by atoms with Gasteiger partial charge in [0, 0.05) is 6.61 Å². The third-order valence-electron chi connectivity index (χ3n) is 2.23. The molecule has 0 saturated heterocycles. The van der Waals surface area contributed by atoms with Crippen molar-refractivity contribution in [2.45, 2.75) is 19.4 Å². The van der Waals surface area contributed by atoms with Gasteiger partial charge in [0.15, 0.2) is 0 Å². The van der Waals surface area contributed by atoms with E-state index in [1.54, 1.807) is 12.1 Å². The Balaban J connectivity index is 2.28. The second-order valence-electron chi connectivity index (χ2n) is 3.67. The lowest BCUT2D eigenvalue weighted by molar-refractivity contribution is -0.146. The van der Waals surface area contributed by atoms with Gasteiger partial charge in [-0.2, -0.15) is 0 Å². The second-order valence-corrected chi connectivity index (χ2v) is 3.67. The van der Waals surface area contributed by atoms with Crippen LogP contribution in [0.2, 0.25) is 0 Å². The first kappa shape index (κ1) is 13.7. The minimum atomic E-state index is -0.720. The van der Waals surface area contributed by atoms with Crippen molar-refractivity contribution in [3.63, 3.8) is 0 Å². The summed E-state index contributed by atoms with van der Waals surface area (Å²) in [7, 11) is 0. The molecule has 0 amide bonds. The number of carbonyl (C=O) groups is 1. The van der Waals surface area contributed by atoms with Gasteiger partial charge < -0.3 is 15.2 Å². The first-order chi connectivity index (χ1) is 8.25. The lowest BCUT2D eigenvalue weighted by Gasteiger charge is -2.11. The number of ether oxygens (including phenoxy) is 2. The minimum absolute atomic E-state index is 0.249. The van der Waals surface area contributed by atoms with E-state index in [0.717, 1.165) is 12.0 Å². The van der Waals surface area contributed by atoms with Crippen LogP contribution in [0.3, 0.4) is 0 Å². The van der Waals surface area contributed by atoms with Gasteiger partial charge in [0.05, 0.1) is 6.61 Å². The molecule has 0 bridgehead atoms. The molecule has 0 aliphatic rings. The van der Waals surface area contributed by atoms with Crippen molar-refractivity contribution < 1.29 is 14.3 Å². The second kappa shape index (κ2) is 7.81. The van der Waals surface area contributed by atoms with Crippen molar-refractivity contribution >= 4 is 5.97 Å². The predicted molar refractivity (Wildman–Crippen MR) is 65.4 cm³/mol. The van der Waals surface area contributed by atoms with Crippen molar-refractivity contribution in [2.24, 2.45) is 5.73 Å². The Morgan fingerprint density at radius 2 is 1.94 bits per heavy atom. The number of hydrogen-bond acceptors (Lipinski definition) is 4. The van der Waals surface area contributed by atoms with Crippen LogP contribution in [0.4, 0.5) is 0 Å². The summed E-state index contributed by atoms with van der Waals surface area (Å²) >= 11 is 0. The monoisotopic (exact) mass is 237 g/mol. The quantitative estimate of drug-likeness (QED) is 0.578. The third kappa shape index (κ3) is 4.97. The molecule has 0 radical (unpaired) electrons. The standard InChI is InChI=1S/C13H19NO3/c1-2-8-16-9-10-17-13(15)12(14)11-6-4-3-5-7-11/h3-7,12H,2,8-10,14H2,1H3/t12-/m1/s1. The Hall–Kier alpha value is -1.39.